The molecule has 0 spiro atoms. The van der Waals surface area contributed by atoms with E-state index in [1.165, 1.54) is 4.90 Å². The number of hydrogen-bond acceptors (Lipinski definition) is 3. The third-order valence-corrected chi connectivity index (χ3v) is 3.55. The fourth-order valence-corrected chi connectivity index (χ4v) is 2.63. The molecule has 2 amide bonds. The van der Waals surface area contributed by atoms with Gasteiger partial charge >= 0.3 is 0 Å². The first kappa shape index (κ1) is 11.4. The minimum absolute atomic E-state index is 0.00668. The van der Waals surface area contributed by atoms with Crippen LogP contribution in [0.5, 0.6) is 0 Å². The summed E-state index contributed by atoms with van der Waals surface area (Å²) >= 11 is 0. The van der Waals surface area contributed by atoms with Gasteiger partial charge in [0.1, 0.15) is 6.10 Å². The summed E-state index contributed by atoms with van der Waals surface area (Å²) in [6, 6.07) is 6.83. The van der Waals surface area contributed by atoms with Crippen molar-refractivity contribution in [1.29, 1.82) is 0 Å². The van der Waals surface area contributed by atoms with E-state index in [0.29, 0.717) is 17.7 Å². The second kappa shape index (κ2) is 3.92. The highest BCUT2D eigenvalue weighted by Crippen LogP contribution is 2.32. The van der Waals surface area contributed by atoms with E-state index in [9.17, 15) is 9.59 Å². The molecule has 1 aromatic carbocycles. The van der Waals surface area contributed by atoms with Gasteiger partial charge in [-0.15, -0.1) is 0 Å². The number of benzene rings is 1. The number of carbonyl (C=O) groups is 2. The lowest BCUT2D eigenvalue weighted by molar-refractivity contribution is 0.0503. The van der Waals surface area contributed by atoms with Gasteiger partial charge in [-0.05, 0) is 18.1 Å². The van der Waals surface area contributed by atoms with Crippen molar-refractivity contribution >= 4 is 11.8 Å². The van der Waals surface area contributed by atoms with E-state index in [1.54, 1.807) is 24.3 Å². The van der Waals surface area contributed by atoms with Gasteiger partial charge in [-0.1, -0.05) is 26.0 Å². The lowest BCUT2D eigenvalue weighted by Crippen LogP contribution is -2.46. The van der Waals surface area contributed by atoms with Crippen molar-refractivity contribution in [3.05, 3.63) is 35.4 Å². The van der Waals surface area contributed by atoms with Crippen LogP contribution in [0.15, 0.2) is 24.3 Å². The Balaban J connectivity index is 2.00. The van der Waals surface area contributed by atoms with Gasteiger partial charge < -0.3 is 4.74 Å². The van der Waals surface area contributed by atoms with E-state index in [-0.39, 0.29) is 29.9 Å². The van der Waals surface area contributed by atoms with Crippen LogP contribution >= 0.6 is 0 Å². The maximum Gasteiger partial charge on any atom is 0.261 e. The summed E-state index contributed by atoms with van der Waals surface area (Å²) in [5.74, 6) is -0.186. The largest absolute Gasteiger partial charge is 0.371 e. The molecule has 0 bridgehead atoms. The fraction of sp³-hybridized carbons (Fsp3) is 0.429. The Hall–Kier alpha value is -1.68. The molecule has 0 unspecified atom stereocenters. The predicted octanol–water partition coefficient (Wildman–Crippen LogP) is 1.71. The minimum Gasteiger partial charge on any atom is -0.371 e. The van der Waals surface area contributed by atoms with Gasteiger partial charge in [0.15, 0.2) is 0 Å². The van der Waals surface area contributed by atoms with Crippen LogP contribution in [0.4, 0.5) is 0 Å². The summed E-state index contributed by atoms with van der Waals surface area (Å²) in [7, 11) is 0. The molecule has 18 heavy (non-hydrogen) atoms. The SMILES string of the molecule is CC(C)[C@H]([C@H]1CO1)N1C(=O)c2ccccc2C1=O. The number of carbonyl (C=O) groups excluding carboxylic acids is 2. The van der Waals surface area contributed by atoms with Gasteiger partial charge in [0.2, 0.25) is 0 Å². The van der Waals surface area contributed by atoms with E-state index < -0.39 is 0 Å². The van der Waals surface area contributed by atoms with Gasteiger partial charge in [0.05, 0.1) is 23.8 Å². The van der Waals surface area contributed by atoms with Gasteiger partial charge in [0.25, 0.3) is 11.8 Å². The number of rotatable bonds is 3. The monoisotopic (exact) mass is 245 g/mol. The van der Waals surface area contributed by atoms with Crippen molar-refractivity contribution in [2.24, 2.45) is 5.92 Å². The Morgan fingerprint density at radius 3 is 2.06 bits per heavy atom. The molecule has 0 radical (unpaired) electrons. The number of fused-ring (bicyclic) bond motifs is 1. The number of nitrogens with zero attached hydrogens (tertiary/aromatic N) is 1. The zero-order chi connectivity index (χ0) is 12.9. The molecule has 2 aliphatic rings. The van der Waals surface area contributed by atoms with Gasteiger partial charge in [0, 0.05) is 0 Å². The zero-order valence-electron chi connectivity index (χ0n) is 10.4. The van der Waals surface area contributed by atoms with Crippen LogP contribution in [0.3, 0.4) is 0 Å². The first-order valence-corrected chi connectivity index (χ1v) is 6.20. The molecule has 0 saturated carbocycles. The Bertz CT molecular complexity index is 483. The molecule has 4 nitrogen and oxygen atoms in total. The molecule has 1 saturated heterocycles. The molecule has 1 fully saturated rings. The highest BCUT2D eigenvalue weighted by atomic mass is 16.6. The summed E-state index contributed by atoms with van der Waals surface area (Å²) in [5.41, 5.74) is 1.02. The Kier molecular flexibility index (Phi) is 2.48. The zero-order valence-corrected chi connectivity index (χ0v) is 10.4. The first-order valence-electron chi connectivity index (χ1n) is 6.20. The topological polar surface area (TPSA) is 49.9 Å². The molecule has 2 heterocycles. The third kappa shape index (κ3) is 1.56. The van der Waals surface area contributed by atoms with Crippen LogP contribution in [-0.2, 0) is 4.74 Å². The third-order valence-electron chi connectivity index (χ3n) is 3.55. The molecular formula is C14H15NO3. The molecule has 0 N–H and O–H groups in total. The smallest absolute Gasteiger partial charge is 0.261 e. The molecular weight excluding hydrogens is 230 g/mol. The average molecular weight is 245 g/mol. The maximum atomic E-state index is 12.3. The Morgan fingerprint density at radius 1 is 1.17 bits per heavy atom. The molecule has 4 heteroatoms. The van der Waals surface area contributed by atoms with Crippen molar-refractivity contribution in [2.45, 2.75) is 26.0 Å². The molecule has 0 aromatic heterocycles. The summed E-state index contributed by atoms with van der Waals surface area (Å²) in [5, 5.41) is 0. The van der Waals surface area contributed by atoms with E-state index >= 15 is 0 Å². The van der Waals surface area contributed by atoms with E-state index in [1.807, 2.05) is 13.8 Å². The van der Waals surface area contributed by atoms with Crippen LogP contribution < -0.4 is 0 Å². The van der Waals surface area contributed by atoms with Crippen molar-refractivity contribution in [3.63, 3.8) is 0 Å². The lowest BCUT2D eigenvalue weighted by Gasteiger charge is -2.27. The Labute approximate surface area is 106 Å². The standard InChI is InChI=1S/C14H15NO3/c1-8(2)12(11-7-18-11)15-13(16)9-5-3-4-6-10(9)14(15)17/h3-6,8,11-12H,7H2,1-2H3/t11-,12-/m1/s1. The minimum atomic E-state index is -0.190. The van der Waals surface area contributed by atoms with Crippen molar-refractivity contribution < 1.29 is 14.3 Å². The summed E-state index contributed by atoms with van der Waals surface area (Å²) in [6.07, 6.45) is 0.00668. The quantitative estimate of drug-likeness (QED) is 0.601. The predicted molar refractivity (Wildman–Crippen MR) is 65.3 cm³/mol. The van der Waals surface area contributed by atoms with E-state index in [2.05, 4.69) is 0 Å². The summed E-state index contributed by atoms with van der Waals surface area (Å²) in [4.78, 5) is 26.1. The van der Waals surface area contributed by atoms with Crippen LogP contribution in [0.1, 0.15) is 34.6 Å². The van der Waals surface area contributed by atoms with Crippen LogP contribution in [-0.4, -0.2) is 35.5 Å². The van der Waals surface area contributed by atoms with Crippen molar-refractivity contribution in [1.82, 2.24) is 4.90 Å². The number of imide groups is 1. The van der Waals surface area contributed by atoms with E-state index in [4.69, 9.17) is 4.74 Å². The molecule has 3 rings (SSSR count). The van der Waals surface area contributed by atoms with Crippen LogP contribution in [0.2, 0.25) is 0 Å². The molecule has 0 aliphatic carbocycles. The van der Waals surface area contributed by atoms with Crippen molar-refractivity contribution in [3.8, 4) is 0 Å². The maximum absolute atomic E-state index is 12.3. The molecule has 1 aromatic rings. The van der Waals surface area contributed by atoms with Crippen LogP contribution in [0.25, 0.3) is 0 Å². The van der Waals surface area contributed by atoms with Gasteiger partial charge in [-0.2, -0.15) is 0 Å². The van der Waals surface area contributed by atoms with Crippen LogP contribution in [0, 0.1) is 5.92 Å². The van der Waals surface area contributed by atoms with Gasteiger partial charge in [-0.3, -0.25) is 14.5 Å². The number of hydrogen-bond donors (Lipinski definition) is 0. The average Bonchev–Trinajstić information content (AvgIpc) is 3.14. The van der Waals surface area contributed by atoms with Crippen molar-refractivity contribution in [2.75, 3.05) is 6.61 Å². The molecule has 94 valence electrons. The Morgan fingerprint density at radius 2 is 1.67 bits per heavy atom. The number of epoxide rings is 1. The fourth-order valence-electron chi connectivity index (χ4n) is 2.63. The molecule has 2 atom stereocenters. The molecule has 2 aliphatic heterocycles. The summed E-state index contributed by atoms with van der Waals surface area (Å²) in [6.45, 7) is 4.65. The van der Waals surface area contributed by atoms with E-state index in [0.717, 1.165) is 0 Å². The summed E-state index contributed by atoms with van der Waals surface area (Å²) < 4.78 is 5.29. The lowest BCUT2D eigenvalue weighted by atomic mass is 9.99. The van der Waals surface area contributed by atoms with Gasteiger partial charge in [-0.25, -0.2) is 0 Å². The highest BCUT2D eigenvalue weighted by Gasteiger charge is 2.47. The number of ether oxygens (including phenoxy) is 1. The normalized spacial score (nSPS) is 23.5. The number of amides is 2. The second-order valence-corrected chi connectivity index (χ2v) is 5.13. The first-order chi connectivity index (χ1) is 8.61. The second-order valence-electron chi connectivity index (χ2n) is 5.13. The highest BCUT2D eigenvalue weighted by molar-refractivity contribution is 6.21.